The first-order chi connectivity index (χ1) is 18.6. The molecule has 2 aromatic heterocycles. The standard InChI is InChI=1S/C34H38N4Si/c1-33(2,3)39(34(4,5)6,32-21-10-11-22-35-32)31-20-13-19-30(26-31)38(27-15-8-7-9-16-27)29-18-12-17-28(25-29)37-24-14-23-36-37/h7-26H,1-6H3. The molecule has 0 aliphatic heterocycles. The number of nitrogens with zero attached hydrogens (tertiary/aromatic N) is 4. The Balaban J connectivity index is 1.75. The van der Waals surface area contributed by atoms with Crippen LogP contribution in [0.4, 0.5) is 17.1 Å². The minimum Gasteiger partial charge on any atom is -0.310 e. The van der Waals surface area contributed by atoms with Crippen LogP contribution in [-0.2, 0) is 0 Å². The van der Waals surface area contributed by atoms with Gasteiger partial charge in [0.25, 0.3) is 0 Å². The molecule has 0 saturated heterocycles. The Morgan fingerprint density at radius 1 is 0.615 bits per heavy atom. The van der Waals surface area contributed by atoms with Crippen LogP contribution < -0.4 is 15.4 Å². The van der Waals surface area contributed by atoms with Crippen LogP contribution in [0, 0.1) is 0 Å². The highest BCUT2D eigenvalue weighted by Crippen LogP contribution is 2.50. The van der Waals surface area contributed by atoms with E-state index in [1.807, 2.05) is 35.4 Å². The topological polar surface area (TPSA) is 34.0 Å². The number of para-hydroxylation sites is 1. The summed E-state index contributed by atoms with van der Waals surface area (Å²) in [7, 11) is -2.44. The predicted octanol–water partition coefficient (Wildman–Crippen LogP) is 7.90. The summed E-state index contributed by atoms with van der Waals surface area (Å²) >= 11 is 0. The van der Waals surface area contributed by atoms with Gasteiger partial charge in [-0.05, 0) is 75.9 Å². The van der Waals surface area contributed by atoms with Crippen molar-refractivity contribution in [2.75, 3.05) is 4.90 Å². The Morgan fingerprint density at radius 2 is 1.26 bits per heavy atom. The largest absolute Gasteiger partial charge is 0.310 e. The third-order valence-electron chi connectivity index (χ3n) is 7.71. The fourth-order valence-electron chi connectivity index (χ4n) is 6.59. The molecule has 0 bridgehead atoms. The van der Waals surface area contributed by atoms with Crippen LogP contribution in [0.2, 0.25) is 10.1 Å². The second-order valence-electron chi connectivity index (χ2n) is 12.2. The SMILES string of the molecule is CC(C)(C)[Si](c1cccc(N(c2ccccc2)c2cccc(-n3cccn3)c2)c1)(c1ccccn1)C(C)(C)C. The maximum atomic E-state index is 5.03. The van der Waals surface area contributed by atoms with E-state index in [0.717, 1.165) is 22.7 Å². The Kier molecular flexibility index (Phi) is 7.04. The molecule has 5 rings (SSSR count). The van der Waals surface area contributed by atoms with E-state index in [1.165, 1.54) is 10.5 Å². The Bertz CT molecular complexity index is 1500. The van der Waals surface area contributed by atoms with E-state index in [1.54, 1.807) is 0 Å². The molecular formula is C34H38N4Si. The van der Waals surface area contributed by atoms with Crippen LogP contribution in [0.5, 0.6) is 0 Å². The normalized spacial score (nSPS) is 12.4. The molecule has 0 amide bonds. The first kappa shape index (κ1) is 26.6. The first-order valence-corrected chi connectivity index (χ1v) is 15.6. The highest BCUT2D eigenvalue weighted by Gasteiger charge is 2.56. The van der Waals surface area contributed by atoms with Gasteiger partial charge >= 0.3 is 0 Å². The molecule has 2 heterocycles. The zero-order valence-electron chi connectivity index (χ0n) is 23.8. The number of anilines is 3. The first-order valence-electron chi connectivity index (χ1n) is 13.6. The van der Waals surface area contributed by atoms with E-state index >= 15 is 0 Å². The quantitative estimate of drug-likeness (QED) is 0.209. The van der Waals surface area contributed by atoms with Gasteiger partial charge in [0.05, 0.1) is 5.69 Å². The molecule has 0 spiro atoms. The van der Waals surface area contributed by atoms with E-state index in [0.29, 0.717) is 0 Å². The molecule has 5 aromatic rings. The van der Waals surface area contributed by atoms with Crippen LogP contribution >= 0.6 is 0 Å². The van der Waals surface area contributed by atoms with Gasteiger partial charge in [0.1, 0.15) is 0 Å². The zero-order valence-corrected chi connectivity index (χ0v) is 24.8. The maximum absolute atomic E-state index is 5.03. The zero-order chi connectivity index (χ0) is 27.7. The van der Waals surface area contributed by atoms with Crippen LogP contribution in [-0.4, -0.2) is 22.8 Å². The number of aromatic nitrogens is 3. The number of hydrogen-bond acceptors (Lipinski definition) is 3. The molecule has 3 aromatic carbocycles. The fourth-order valence-corrected chi connectivity index (χ4v) is 13.7. The van der Waals surface area contributed by atoms with E-state index in [-0.39, 0.29) is 10.1 Å². The Morgan fingerprint density at radius 3 is 1.87 bits per heavy atom. The molecule has 198 valence electrons. The van der Waals surface area contributed by atoms with Crippen LogP contribution in [0.25, 0.3) is 5.69 Å². The molecule has 0 radical (unpaired) electrons. The highest BCUT2D eigenvalue weighted by atomic mass is 28.3. The average Bonchev–Trinajstić information content (AvgIpc) is 3.45. The van der Waals surface area contributed by atoms with E-state index < -0.39 is 8.07 Å². The Labute approximate surface area is 234 Å². The monoisotopic (exact) mass is 530 g/mol. The summed E-state index contributed by atoms with van der Waals surface area (Å²) in [5.74, 6) is 0. The molecular weight excluding hydrogens is 492 g/mol. The number of rotatable bonds is 6. The molecule has 0 aliphatic carbocycles. The smallest absolute Gasteiger partial charge is 0.151 e. The summed E-state index contributed by atoms with van der Waals surface area (Å²) in [6.07, 6.45) is 5.74. The molecule has 39 heavy (non-hydrogen) atoms. The van der Waals surface area contributed by atoms with Crippen molar-refractivity contribution in [1.82, 2.24) is 14.8 Å². The van der Waals surface area contributed by atoms with Crippen molar-refractivity contribution in [1.29, 1.82) is 0 Å². The number of pyridine rings is 1. The molecule has 0 N–H and O–H groups in total. The van der Waals surface area contributed by atoms with Gasteiger partial charge in [-0.2, -0.15) is 5.10 Å². The van der Waals surface area contributed by atoms with E-state index in [9.17, 15) is 0 Å². The summed E-state index contributed by atoms with van der Waals surface area (Å²) in [4.78, 5) is 7.38. The van der Waals surface area contributed by atoms with Crippen molar-refractivity contribution in [3.8, 4) is 5.69 Å². The average molecular weight is 531 g/mol. The summed E-state index contributed by atoms with van der Waals surface area (Å²) in [5.41, 5.74) is 4.36. The lowest BCUT2D eigenvalue weighted by atomic mass is 10.2. The lowest BCUT2D eigenvalue weighted by Gasteiger charge is -2.52. The van der Waals surface area contributed by atoms with E-state index in [4.69, 9.17) is 4.98 Å². The molecule has 0 saturated carbocycles. The highest BCUT2D eigenvalue weighted by molar-refractivity contribution is 7.05. The molecule has 0 aliphatic rings. The molecule has 0 atom stereocenters. The van der Waals surface area contributed by atoms with Crippen molar-refractivity contribution < 1.29 is 0 Å². The number of hydrogen-bond donors (Lipinski definition) is 0. The van der Waals surface area contributed by atoms with Crippen molar-refractivity contribution in [3.05, 3.63) is 122 Å². The molecule has 0 unspecified atom stereocenters. The van der Waals surface area contributed by atoms with Gasteiger partial charge in [-0.15, -0.1) is 0 Å². The van der Waals surface area contributed by atoms with Crippen molar-refractivity contribution >= 4 is 35.6 Å². The third-order valence-corrected chi connectivity index (χ3v) is 14.4. The van der Waals surface area contributed by atoms with Crippen LogP contribution in [0.3, 0.4) is 0 Å². The van der Waals surface area contributed by atoms with Gasteiger partial charge in [0, 0.05) is 41.0 Å². The summed E-state index contributed by atoms with van der Waals surface area (Å²) in [5, 5.41) is 7.13. The lowest BCUT2D eigenvalue weighted by molar-refractivity contribution is 0.635. The summed E-state index contributed by atoms with van der Waals surface area (Å²) in [6.45, 7) is 14.4. The van der Waals surface area contributed by atoms with E-state index in [2.05, 4.69) is 143 Å². The Hall–Kier alpha value is -3.96. The van der Waals surface area contributed by atoms with Gasteiger partial charge in [-0.1, -0.05) is 84.0 Å². The predicted molar refractivity (Wildman–Crippen MR) is 167 cm³/mol. The summed E-state index contributed by atoms with van der Waals surface area (Å²) in [6, 6.07) is 36.7. The van der Waals surface area contributed by atoms with Crippen molar-refractivity contribution in [2.45, 2.75) is 51.6 Å². The van der Waals surface area contributed by atoms with Crippen LogP contribution in [0.15, 0.2) is 122 Å². The second kappa shape index (κ2) is 10.3. The molecule has 0 fully saturated rings. The van der Waals surface area contributed by atoms with Gasteiger partial charge in [0.2, 0.25) is 0 Å². The summed E-state index contributed by atoms with van der Waals surface area (Å²) < 4.78 is 1.90. The maximum Gasteiger partial charge on any atom is 0.151 e. The number of benzene rings is 3. The third kappa shape index (κ3) is 4.83. The van der Waals surface area contributed by atoms with Gasteiger partial charge in [0.15, 0.2) is 8.07 Å². The van der Waals surface area contributed by atoms with Gasteiger partial charge < -0.3 is 4.90 Å². The minimum absolute atomic E-state index is 0.0236. The second-order valence-corrected chi connectivity index (χ2v) is 17.7. The minimum atomic E-state index is -2.44. The lowest BCUT2D eigenvalue weighted by Crippen LogP contribution is -2.70. The van der Waals surface area contributed by atoms with Gasteiger partial charge in [-0.25, -0.2) is 4.68 Å². The van der Waals surface area contributed by atoms with Crippen LogP contribution in [0.1, 0.15) is 41.5 Å². The van der Waals surface area contributed by atoms with Crippen molar-refractivity contribution in [3.63, 3.8) is 0 Å². The van der Waals surface area contributed by atoms with Crippen molar-refractivity contribution in [2.24, 2.45) is 0 Å². The molecule has 4 nitrogen and oxygen atoms in total. The fraction of sp³-hybridized carbons (Fsp3) is 0.235. The van der Waals surface area contributed by atoms with Gasteiger partial charge in [-0.3, -0.25) is 4.98 Å². The molecule has 5 heteroatoms.